The van der Waals surface area contributed by atoms with E-state index in [9.17, 15) is 0 Å². The van der Waals surface area contributed by atoms with Gasteiger partial charge in [-0.15, -0.1) is 8.19 Å². The summed E-state index contributed by atoms with van der Waals surface area (Å²) in [6, 6.07) is 4.14. The van der Waals surface area contributed by atoms with Gasteiger partial charge in [-0.3, -0.25) is 0 Å². The SMILES string of the molecule is [V].c1cc[pH]c1. The van der Waals surface area contributed by atoms with E-state index in [0.29, 0.717) is 0 Å². The van der Waals surface area contributed by atoms with Crippen LogP contribution in [0, 0.1) is 0 Å². The van der Waals surface area contributed by atoms with Gasteiger partial charge in [0.05, 0.1) is 0 Å². The fraction of sp³-hybridized carbons (Fsp3) is 0. The largest absolute Gasteiger partial charge is 0.140 e. The Morgan fingerprint density at radius 2 is 1.50 bits per heavy atom. The zero-order valence-electron chi connectivity index (χ0n) is 3.26. The minimum absolute atomic E-state index is 0. The van der Waals surface area contributed by atoms with Crippen molar-refractivity contribution in [2.75, 3.05) is 0 Å². The first-order valence-corrected chi connectivity index (χ1v) is 2.73. The first kappa shape index (κ1) is 6.36. The smallest absolute Gasteiger partial charge is 0 e. The molecular formula is C4H5PV. The Kier molecular flexibility index (Phi) is 3.77. The summed E-state index contributed by atoms with van der Waals surface area (Å²) in [6.45, 7) is 0. The van der Waals surface area contributed by atoms with Crippen molar-refractivity contribution in [2.24, 2.45) is 0 Å². The maximum atomic E-state index is 2.15. The quantitative estimate of drug-likeness (QED) is 0.508. The van der Waals surface area contributed by atoms with Crippen LogP contribution in [0.3, 0.4) is 0 Å². The first-order valence-electron chi connectivity index (χ1n) is 1.58. The molecule has 31 valence electrons. The van der Waals surface area contributed by atoms with Crippen LogP contribution in [0.5, 0.6) is 0 Å². The van der Waals surface area contributed by atoms with Gasteiger partial charge < -0.3 is 0 Å². The average molecular weight is 135 g/mol. The van der Waals surface area contributed by atoms with Crippen LogP contribution in [0.2, 0.25) is 0 Å². The van der Waals surface area contributed by atoms with Crippen LogP contribution in [-0.2, 0) is 18.6 Å². The molecule has 0 N–H and O–H groups in total. The summed E-state index contributed by atoms with van der Waals surface area (Å²) < 4.78 is 0. The monoisotopic (exact) mass is 135 g/mol. The third kappa shape index (κ3) is 1.72. The molecule has 1 heterocycles. The molecule has 0 aliphatic carbocycles. The molecule has 1 radical (unpaired) electrons. The molecular weight excluding hydrogens is 130 g/mol. The number of hydrogen-bond donors (Lipinski definition) is 0. The molecule has 6 heavy (non-hydrogen) atoms. The molecule has 1 aromatic rings. The van der Waals surface area contributed by atoms with E-state index in [1.807, 2.05) is 0 Å². The Morgan fingerprint density at radius 3 is 1.67 bits per heavy atom. The molecule has 0 aromatic carbocycles. The Balaban J connectivity index is 0.000000250. The first-order chi connectivity index (χ1) is 2.50. The second-order valence-corrected chi connectivity index (χ2v) is 1.88. The molecule has 0 fully saturated rings. The van der Waals surface area contributed by atoms with Crippen molar-refractivity contribution >= 4 is 8.19 Å². The van der Waals surface area contributed by atoms with Gasteiger partial charge in [-0.2, -0.15) is 0 Å². The summed E-state index contributed by atoms with van der Waals surface area (Å²) in [5, 5.41) is 0. The maximum Gasteiger partial charge on any atom is 0 e. The van der Waals surface area contributed by atoms with Gasteiger partial charge in [0.15, 0.2) is 0 Å². The standard InChI is InChI=1S/C4H5P.V/c1-2-4-5-3-1;/h1-5H;. The third-order valence-corrected chi connectivity index (χ3v) is 1.27. The van der Waals surface area contributed by atoms with Crippen molar-refractivity contribution in [3.05, 3.63) is 23.7 Å². The molecule has 0 atom stereocenters. The van der Waals surface area contributed by atoms with E-state index in [2.05, 4.69) is 23.7 Å². The van der Waals surface area contributed by atoms with Crippen LogP contribution in [-0.4, -0.2) is 0 Å². The Morgan fingerprint density at radius 1 is 1.00 bits per heavy atom. The van der Waals surface area contributed by atoms with Gasteiger partial charge in [0.25, 0.3) is 0 Å². The van der Waals surface area contributed by atoms with Crippen molar-refractivity contribution in [3.63, 3.8) is 0 Å². The van der Waals surface area contributed by atoms with Gasteiger partial charge >= 0.3 is 0 Å². The summed E-state index contributed by atoms with van der Waals surface area (Å²) in [7, 11) is 0.948. The van der Waals surface area contributed by atoms with Crippen molar-refractivity contribution < 1.29 is 18.6 Å². The Bertz CT molecular complexity index is 64.0. The second-order valence-electron chi connectivity index (χ2n) is 0.885. The molecule has 0 saturated carbocycles. The van der Waals surface area contributed by atoms with Gasteiger partial charge in [0.1, 0.15) is 0 Å². The summed E-state index contributed by atoms with van der Waals surface area (Å²) in [5.74, 6) is 4.31. The van der Waals surface area contributed by atoms with Crippen LogP contribution in [0.1, 0.15) is 0 Å². The predicted octanol–water partition coefficient (Wildman–Crippen LogP) is 1.72. The average Bonchev–Trinajstić information content (AvgIpc) is 1.76. The van der Waals surface area contributed by atoms with Crippen LogP contribution in [0.15, 0.2) is 23.7 Å². The van der Waals surface area contributed by atoms with Crippen LogP contribution < -0.4 is 0 Å². The fourth-order valence-corrected chi connectivity index (χ4v) is 0.833. The van der Waals surface area contributed by atoms with E-state index in [1.165, 1.54) is 0 Å². The van der Waals surface area contributed by atoms with Crippen molar-refractivity contribution in [2.45, 2.75) is 0 Å². The minimum Gasteiger partial charge on any atom is -0.140 e. The molecule has 1 aromatic heterocycles. The third-order valence-electron chi connectivity index (χ3n) is 0.496. The van der Waals surface area contributed by atoms with Crippen LogP contribution in [0.25, 0.3) is 0 Å². The van der Waals surface area contributed by atoms with Crippen molar-refractivity contribution in [1.29, 1.82) is 0 Å². The van der Waals surface area contributed by atoms with Crippen LogP contribution >= 0.6 is 8.19 Å². The summed E-state index contributed by atoms with van der Waals surface area (Å²) in [4.78, 5) is 0. The molecule has 0 nitrogen and oxygen atoms in total. The second kappa shape index (κ2) is 3.55. The summed E-state index contributed by atoms with van der Waals surface area (Å²) in [5.41, 5.74) is 0. The molecule has 0 saturated heterocycles. The fourth-order valence-electron chi connectivity index (χ4n) is 0.278. The number of rotatable bonds is 0. The van der Waals surface area contributed by atoms with Gasteiger partial charge in [0.2, 0.25) is 0 Å². The van der Waals surface area contributed by atoms with E-state index in [4.69, 9.17) is 0 Å². The predicted molar refractivity (Wildman–Crippen MR) is 25.9 cm³/mol. The van der Waals surface area contributed by atoms with E-state index in [-0.39, 0.29) is 18.6 Å². The zero-order chi connectivity index (χ0) is 3.54. The topological polar surface area (TPSA) is 0 Å². The van der Waals surface area contributed by atoms with E-state index in [1.54, 1.807) is 0 Å². The van der Waals surface area contributed by atoms with E-state index >= 15 is 0 Å². The maximum absolute atomic E-state index is 2.15. The molecule has 0 aliphatic heterocycles. The molecule has 0 unspecified atom stereocenters. The number of hydrogen-bond acceptors (Lipinski definition) is 0. The van der Waals surface area contributed by atoms with Gasteiger partial charge in [-0.1, -0.05) is 12.1 Å². The van der Waals surface area contributed by atoms with Gasteiger partial charge in [-0.25, -0.2) is 0 Å². The van der Waals surface area contributed by atoms with Gasteiger partial charge in [0, 0.05) is 18.6 Å². The van der Waals surface area contributed by atoms with Crippen molar-refractivity contribution in [1.82, 2.24) is 0 Å². The molecule has 0 amide bonds. The molecule has 0 aliphatic rings. The van der Waals surface area contributed by atoms with Crippen LogP contribution in [0.4, 0.5) is 0 Å². The Labute approximate surface area is 50.9 Å². The van der Waals surface area contributed by atoms with E-state index < -0.39 is 0 Å². The minimum atomic E-state index is 0. The Hall–Kier alpha value is 0.364. The van der Waals surface area contributed by atoms with Crippen molar-refractivity contribution in [3.8, 4) is 0 Å². The van der Waals surface area contributed by atoms with E-state index in [0.717, 1.165) is 8.19 Å². The normalized spacial score (nSPS) is 6.67. The zero-order valence-corrected chi connectivity index (χ0v) is 5.65. The molecule has 0 bridgehead atoms. The molecule has 2 heteroatoms. The van der Waals surface area contributed by atoms with Gasteiger partial charge in [-0.05, 0) is 11.6 Å². The summed E-state index contributed by atoms with van der Waals surface area (Å²) in [6.07, 6.45) is 0. The molecule has 0 spiro atoms. The molecule has 1 rings (SSSR count). The summed E-state index contributed by atoms with van der Waals surface area (Å²) >= 11 is 0.